The predicted octanol–water partition coefficient (Wildman–Crippen LogP) is 5.49. The van der Waals surface area contributed by atoms with E-state index >= 15 is 0 Å². The SMILES string of the molecule is Cc1ccccc1C(C(=O)Nc1c(C)cccc1C)N(CC#N)C(=O)C(Cc1ccc(O)cc1)NC(=O)OC(C)(C)C. The predicted molar refractivity (Wildman–Crippen MR) is 161 cm³/mol. The molecule has 0 aliphatic heterocycles. The second-order valence-electron chi connectivity index (χ2n) is 11.2. The molecule has 9 nitrogen and oxygen atoms in total. The normalized spacial score (nSPS) is 12.4. The van der Waals surface area contributed by atoms with Crippen molar-refractivity contribution in [3.63, 3.8) is 0 Å². The third-order valence-electron chi connectivity index (χ3n) is 6.66. The summed E-state index contributed by atoms with van der Waals surface area (Å²) in [7, 11) is 0. The fraction of sp³-hybridized carbons (Fsp3) is 0.333. The third-order valence-corrected chi connectivity index (χ3v) is 6.66. The Bertz CT molecular complexity index is 1450. The van der Waals surface area contributed by atoms with Crippen molar-refractivity contribution in [1.29, 1.82) is 5.26 Å². The van der Waals surface area contributed by atoms with E-state index in [2.05, 4.69) is 10.6 Å². The number of anilines is 1. The number of aromatic hydroxyl groups is 1. The number of nitrogens with zero attached hydrogens (tertiary/aromatic N) is 2. The number of nitriles is 1. The molecule has 0 saturated carbocycles. The standard InChI is InChI=1S/C33H38N4O5/c1-21-10-7-8-13-26(21)29(30(39)36-28-22(2)11-9-12-23(28)3)37(19-18-34)31(40)27(35-32(41)42-33(4,5)6)20-24-14-16-25(38)17-15-24/h7-17,27,29,38H,19-20H2,1-6H3,(H,35,41)(H,36,39). The molecule has 0 spiro atoms. The zero-order valence-electron chi connectivity index (χ0n) is 24.9. The van der Waals surface area contributed by atoms with E-state index in [1.54, 1.807) is 45.0 Å². The summed E-state index contributed by atoms with van der Waals surface area (Å²) in [5.41, 5.74) is 3.45. The fourth-order valence-corrected chi connectivity index (χ4v) is 4.64. The Labute approximate surface area is 247 Å². The van der Waals surface area contributed by atoms with E-state index < -0.39 is 42.1 Å². The molecule has 0 aromatic heterocycles. The highest BCUT2D eigenvalue weighted by molar-refractivity contribution is 6.00. The van der Waals surface area contributed by atoms with Gasteiger partial charge in [0.15, 0.2) is 0 Å². The smallest absolute Gasteiger partial charge is 0.408 e. The molecule has 0 aliphatic rings. The van der Waals surface area contributed by atoms with Gasteiger partial charge in [-0.05, 0) is 81.5 Å². The van der Waals surface area contributed by atoms with Gasteiger partial charge in [-0.1, -0.05) is 54.6 Å². The Hall–Kier alpha value is -4.84. The number of phenolic OH excluding ortho intramolecular Hbond substituents is 1. The molecule has 42 heavy (non-hydrogen) atoms. The molecule has 0 radical (unpaired) electrons. The average molecular weight is 571 g/mol. The average Bonchev–Trinajstić information content (AvgIpc) is 2.91. The Morgan fingerprint density at radius 2 is 1.52 bits per heavy atom. The van der Waals surface area contributed by atoms with Crippen LogP contribution in [0.25, 0.3) is 0 Å². The zero-order chi connectivity index (χ0) is 31.0. The Kier molecular flexibility index (Phi) is 10.3. The number of alkyl carbamates (subject to hydrolysis) is 1. The number of amides is 3. The molecule has 3 aromatic carbocycles. The Morgan fingerprint density at radius 1 is 0.929 bits per heavy atom. The van der Waals surface area contributed by atoms with Gasteiger partial charge in [0.2, 0.25) is 5.91 Å². The van der Waals surface area contributed by atoms with Gasteiger partial charge >= 0.3 is 6.09 Å². The summed E-state index contributed by atoms with van der Waals surface area (Å²) in [6.07, 6.45) is -0.789. The van der Waals surface area contributed by atoms with Gasteiger partial charge in [0.05, 0.1) is 6.07 Å². The van der Waals surface area contributed by atoms with Crippen LogP contribution in [-0.4, -0.2) is 46.1 Å². The van der Waals surface area contributed by atoms with Crippen LogP contribution < -0.4 is 10.6 Å². The van der Waals surface area contributed by atoms with Crippen LogP contribution in [0.15, 0.2) is 66.7 Å². The van der Waals surface area contributed by atoms with Crippen LogP contribution in [0, 0.1) is 32.1 Å². The van der Waals surface area contributed by atoms with Crippen LogP contribution in [-0.2, 0) is 20.7 Å². The van der Waals surface area contributed by atoms with Gasteiger partial charge in [-0.25, -0.2) is 4.79 Å². The van der Waals surface area contributed by atoms with Gasteiger partial charge in [0.1, 0.15) is 30.0 Å². The summed E-state index contributed by atoms with van der Waals surface area (Å²) in [4.78, 5) is 42.4. The lowest BCUT2D eigenvalue weighted by atomic mass is 9.96. The Morgan fingerprint density at radius 3 is 2.10 bits per heavy atom. The van der Waals surface area contributed by atoms with E-state index in [9.17, 15) is 24.8 Å². The first-order valence-corrected chi connectivity index (χ1v) is 13.7. The van der Waals surface area contributed by atoms with E-state index in [-0.39, 0.29) is 12.2 Å². The summed E-state index contributed by atoms with van der Waals surface area (Å²) in [6.45, 7) is 10.3. The van der Waals surface area contributed by atoms with Gasteiger partial charge in [-0.15, -0.1) is 0 Å². The number of hydrogen-bond acceptors (Lipinski definition) is 6. The lowest BCUT2D eigenvalue weighted by Crippen LogP contribution is -2.53. The van der Waals surface area contributed by atoms with E-state index in [1.807, 2.05) is 57.2 Å². The van der Waals surface area contributed by atoms with Crippen molar-refractivity contribution in [3.8, 4) is 11.8 Å². The first-order valence-electron chi connectivity index (χ1n) is 13.7. The maximum Gasteiger partial charge on any atom is 0.408 e. The monoisotopic (exact) mass is 570 g/mol. The lowest BCUT2D eigenvalue weighted by Gasteiger charge is -2.34. The second-order valence-corrected chi connectivity index (χ2v) is 11.2. The maximum absolute atomic E-state index is 14.3. The molecule has 0 fully saturated rings. The molecule has 9 heteroatoms. The molecule has 3 aromatic rings. The number of hydrogen-bond donors (Lipinski definition) is 3. The number of carbonyl (C=O) groups excluding carboxylic acids is 3. The number of nitrogens with one attached hydrogen (secondary N) is 2. The van der Waals surface area contributed by atoms with Gasteiger partial charge in [0, 0.05) is 12.1 Å². The van der Waals surface area contributed by atoms with Crippen LogP contribution in [0.2, 0.25) is 0 Å². The van der Waals surface area contributed by atoms with Gasteiger partial charge in [0.25, 0.3) is 5.91 Å². The molecular weight excluding hydrogens is 532 g/mol. The summed E-state index contributed by atoms with van der Waals surface area (Å²) in [6, 6.07) is 18.7. The third kappa shape index (κ3) is 8.33. The largest absolute Gasteiger partial charge is 0.508 e. The van der Waals surface area contributed by atoms with Crippen LogP contribution in [0.5, 0.6) is 5.75 Å². The summed E-state index contributed by atoms with van der Waals surface area (Å²) >= 11 is 0. The van der Waals surface area contributed by atoms with E-state index in [1.165, 1.54) is 17.0 Å². The summed E-state index contributed by atoms with van der Waals surface area (Å²) in [5.74, 6) is -1.08. The number of aryl methyl sites for hydroxylation is 3. The summed E-state index contributed by atoms with van der Waals surface area (Å²) < 4.78 is 5.43. The minimum atomic E-state index is -1.18. The van der Waals surface area contributed by atoms with Crippen molar-refractivity contribution in [1.82, 2.24) is 10.2 Å². The van der Waals surface area contributed by atoms with Crippen LogP contribution in [0.1, 0.15) is 54.6 Å². The minimum absolute atomic E-state index is 0.0271. The number of carbonyl (C=O) groups is 3. The fourth-order valence-electron chi connectivity index (χ4n) is 4.64. The number of rotatable bonds is 9. The second kappa shape index (κ2) is 13.7. The van der Waals surface area contributed by atoms with Crippen LogP contribution in [0.3, 0.4) is 0 Å². The highest BCUT2D eigenvalue weighted by Crippen LogP contribution is 2.29. The van der Waals surface area contributed by atoms with Crippen molar-refractivity contribution < 1.29 is 24.2 Å². The topological polar surface area (TPSA) is 132 Å². The van der Waals surface area contributed by atoms with Crippen molar-refractivity contribution in [2.45, 2.75) is 65.6 Å². The van der Waals surface area contributed by atoms with Crippen molar-refractivity contribution in [3.05, 3.63) is 94.5 Å². The molecule has 0 heterocycles. The molecule has 220 valence electrons. The first kappa shape index (κ1) is 31.7. The molecule has 2 atom stereocenters. The quantitative estimate of drug-likeness (QED) is 0.292. The van der Waals surface area contributed by atoms with Crippen molar-refractivity contribution >= 4 is 23.6 Å². The number of phenols is 1. The van der Waals surface area contributed by atoms with E-state index in [0.29, 0.717) is 16.8 Å². The summed E-state index contributed by atoms with van der Waals surface area (Å²) in [5, 5.41) is 25.2. The molecule has 3 N–H and O–H groups in total. The molecule has 0 aliphatic carbocycles. The Balaban J connectivity index is 2.08. The van der Waals surface area contributed by atoms with Crippen LogP contribution >= 0.6 is 0 Å². The highest BCUT2D eigenvalue weighted by Gasteiger charge is 2.37. The molecule has 0 saturated heterocycles. The van der Waals surface area contributed by atoms with Crippen molar-refractivity contribution in [2.24, 2.45) is 0 Å². The van der Waals surface area contributed by atoms with Gasteiger partial charge in [-0.2, -0.15) is 5.26 Å². The van der Waals surface area contributed by atoms with Crippen LogP contribution in [0.4, 0.5) is 10.5 Å². The molecule has 0 bridgehead atoms. The number of ether oxygens (including phenoxy) is 1. The lowest BCUT2D eigenvalue weighted by molar-refractivity contribution is -0.140. The first-order chi connectivity index (χ1) is 19.8. The zero-order valence-corrected chi connectivity index (χ0v) is 24.9. The van der Waals surface area contributed by atoms with Gasteiger partial charge < -0.3 is 25.4 Å². The van der Waals surface area contributed by atoms with E-state index in [4.69, 9.17) is 4.74 Å². The van der Waals surface area contributed by atoms with Gasteiger partial charge in [-0.3, -0.25) is 9.59 Å². The van der Waals surface area contributed by atoms with E-state index in [0.717, 1.165) is 16.7 Å². The highest BCUT2D eigenvalue weighted by atomic mass is 16.6. The molecular formula is C33H38N4O5. The minimum Gasteiger partial charge on any atom is -0.508 e. The number of para-hydroxylation sites is 1. The molecule has 3 amide bonds. The molecule has 2 unspecified atom stereocenters. The maximum atomic E-state index is 14.3. The number of benzene rings is 3. The van der Waals surface area contributed by atoms with Crippen molar-refractivity contribution in [2.75, 3.05) is 11.9 Å². The molecule has 3 rings (SSSR count).